The molecule has 2 aliphatic rings. The predicted octanol–water partition coefficient (Wildman–Crippen LogP) is 4.33. The third kappa shape index (κ3) is 4.61. The van der Waals surface area contributed by atoms with E-state index in [4.69, 9.17) is 16.6 Å². The average molecular weight is 465 g/mol. The topological polar surface area (TPSA) is 77.2 Å². The summed E-state index contributed by atoms with van der Waals surface area (Å²) in [5.41, 5.74) is 2.78. The number of nitrogens with zero attached hydrogens (tertiary/aromatic N) is 4. The first-order chi connectivity index (χ1) is 16.1. The van der Waals surface area contributed by atoms with Gasteiger partial charge in [0.2, 0.25) is 11.9 Å². The number of hydrogen-bond acceptors (Lipinski definition) is 5. The first-order valence-electron chi connectivity index (χ1n) is 11.6. The number of amides is 1. The molecule has 1 saturated heterocycles. The predicted molar refractivity (Wildman–Crippen MR) is 132 cm³/mol. The molecule has 3 aromatic rings. The number of carbonyl (C=O) groups is 1. The summed E-state index contributed by atoms with van der Waals surface area (Å²) in [6, 6.07) is 8.96. The molecule has 2 atom stereocenters. The lowest BCUT2D eigenvalue weighted by Gasteiger charge is -2.42. The summed E-state index contributed by atoms with van der Waals surface area (Å²) >= 11 is 6.49. The summed E-state index contributed by atoms with van der Waals surface area (Å²) in [6.45, 7) is 6.98. The number of halogens is 1. The highest BCUT2D eigenvalue weighted by Crippen LogP contribution is 2.33. The SMILES string of the molecule is C=CC(=O)N1CCN([C@H]2CCC[C@@H](Nc3ncc(Cl)c(-c4c[nH]c5ccccc45)n3)C2)CC1. The summed E-state index contributed by atoms with van der Waals surface area (Å²) in [4.78, 5) is 28.8. The molecule has 1 saturated carbocycles. The van der Waals surface area contributed by atoms with Gasteiger partial charge in [-0.15, -0.1) is 0 Å². The molecular formula is C25H29ClN6O. The van der Waals surface area contributed by atoms with Gasteiger partial charge in [0.05, 0.1) is 16.9 Å². The smallest absolute Gasteiger partial charge is 0.246 e. The third-order valence-electron chi connectivity index (χ3n) is 6.89. The Kier molecular flexibility index (Phi) is 6.33. The molecule has 33 heavy (non-hydrogen) atoms. The number of carbonyl (C=O) groups excluding carboxylic acids is 1. The van der Waals surface area contributed by atoms with E-state index in [1.807, 2.05) is 29.3 Å². The average Bonchev–Trinajstić information content (AvgIpc) is 3.29. The molecule has 1 aromatic carbocycles. The Morgan fingerprint density at radius 2 is 2.03 bits per heavy atom. The van der Waals surface area contributed by atoms with Gasteiger partial charge in [0.25, 0.3) is 0 Å². The van der Waals surface area contributed by atoms with Crippen molar-refractivity contribution in [2.45, 2.75) is 37.8 Å². The van der Waals surface area contributed by atoms with Crippen LogP contribution >= 0.6 is 11.6 Å². The van der Waals surface area contributed by atoms with E-state index in [2.05, 4.69) is 32.8 Å². The number of para-hydroxylation sites is 1. The van der Waals surface area contributed by atoms with Crippen molar-refractivity contribution >= 4 is 34.4 Å². The van der Waals surface area contributed by atoms with Crippen molar-refractivity contribution in [2.75, 3.05) is 31.5 Å². The molecule has 1 aliphatic carbocycles. The standard InChI is InChI=1S/C25H29ClN6O/c1-2-23(33)32-12-10-31(11-13-32)18-7-5-6-17(14-18)29-25-28-16-21(26)24(30-25)20-15-27-22-9-4-3-8-19(20)22/h2-4,8-9,15-18,27H,1,5-7,10-14H2,(H,28,29,30)/t17-,18+/m1/s1. The molecule has 0 radical (unpaired) electrons. The molecular weight excluding hydrogens is 436 g/mol. The number of piperazine rings is 1. The number of fused-ring (bicyclic) bond motifs is 1. The monoisotopic (exact) mass is 464 g/mol. The van der Waals surface area contributed by atoms with Gasteiger partial charge in [-0.1, -0.05) is 36.4 Å². The van der Waals surface area contributed by atoms with Crippen LogP contribution in [0.4, 0.5) is 5.95 Å². The van der Waals surface area contributed by atoms with Crippen LogP contribution in [0.3, 0.4) is 0 Å². The Balaban J connectivity index is 1.27. The van der Waals surface area contributed by atoms with Gasteiger partial charge in [-0.25, -0.2) is 9.97 Å². The van der Waals surface area contributed by atoms with Crippen LogP contribution in [-0.4, -0.2) is 68.9 Å². The number of hydrogen-bond donors (Lipinski definition) is 2. The normalized spacial score (nSPS) is 21.8. The van der Waals surface area contributed by atoms with Gasteiger partial charge in [-0.3, -0.25) is 9.69 Å². The molecule has 172 valence electrons. The lowest BCUT2D eigenvalue weighted by Crippen LogP contribution is -2.53. The molecule has 1 aliphatic heterocycles. The number of rotatable bonds is 5. The van der Waals surface area contributed by atoms with Crippen molar-refractivity contribution in [2.24, 2.45) is 0 Å². The Hall–Kier alpha value is -2.90. The summed E-state index contributed by atoms with van der Waals surface area (Å²) in [5, 5.41) is 5.20. The van der Waals surface area contributed by atoms with Crippen molar-refractivity contribution < 1.29 is 4.79 Å². The minimum atomic E-state index is 0.0312. The quantitative estimate of drug-likeness (QED) is 0.549. The third-order valence-corrected chi connectivity index (χ3v) is 7.16. The lowest BCUT2D eigenvalue weighted by atomic mass is 9.89. The number of benzene rings is 1. The highest BCUT2D eigenvalue weighted by Gasteiger charge is 2.30. The van der Waals surface area contributed by atoms with Crippen LogP contribution < -0.4 is 5.32 Å². The molecule has 2 fully saturated rings. The van der Waals surface area contributed by atoms with Gasteiger partial charge in [0.1, 0.15) is 0 Å². The zero-order valence-corrected chi connectivity index (χ0v) is 19.4. The molecule has 2 aromatic heterocycles. The maximum Gasteiger partial charge on any atom is 0.246 e. The van der Waals surface area contributed by atoms with Crippen LogP contribution in [0.5, 0.6) is 0 Å². The van der Waals surface area contributed by atoms with Crippen LogP contribution in [0, 0.1) is 0 Å². The minimum Gasteiger partial charge on any atom is -0.360 e. The van der Waals surface area contributed by atoms with Crippen molar-refractivity contribution in [3.63, 3.8) is 0 Å². The highest BCUT2D eigenvalue weighted by molar-refractivity contribution is 6.33. The summed E-state index contributed by atoms with van der Waals surface area (Å²) in [6.07, 6.45) is 9.55. The number of H-pyrrole nitrogens is 1. The van der Waals surface area contributed by atoms with Crippen molar-refractivity contribution in [1.29, 1.82) is 0 Å². The first kappa shape index (κ1) is 21.9. The van der Waals surface area contributed by atoms with Crippen LogP contribution in [-0.2, 0) is 4.79 Å². The van der Waals surface area contributed by atoms with Gasteiger partial charge >= 0.3 is 0 Å². The van der Waals surface area contributed by atoms with Gasteiger partial charge in [-0.05, 0) is 37.8 Å². The van der Waals surface area contributed by atoms with Crippen LogP contribution in [0.2, 0.25) is 5.02 Å². The van der Waals surface area contributed by atoms with E-state index in [0.29, 0.717) is 23.1 Å². The van der Waals surface area contributed by atoms with E-state index >= 15 is 0 Å². The number of anilines is 1. The summed E-state index contributed by atoms with van der Waals surface area (Å²) in [5.74, 6) is 0.649. The largest absolute Gasteiger partial charge is 0.360 e. The molecule has 2 N–H and O–H groups in total. The Morgan fingerprint density at radius 1 is 1.21 bits per heavy atom. The van der Waals surface area contributed by atoms with E-state index in [1.54, 1.807) is 6.20 Å². The Bertz CT molecular complexity index is 1150. The summed E-state index contributed by atoms with van der Waals surface area (Å²) in [7, 11) is 0. The van der Waals surface area contributed by atoms with E-state index in [9.17, 15) is 4.79 Å². The molecule has 0 unspecified atom stereocenters. The van der Waals surface area contributed by atoms with Crippen molar-refractivity contribution in [1.82, 2.24) is 24.8 Å². The molecule has 5 rings (SSSR count). The molecule has 3 heterocycles. The zero-order chi connectivity index (χ0) is 22.8. The fraction of sp³-hybridized carbons (Fsp3) is 0.400. The van der Waals surface area contributed by atoms with Crippen molar-refractivity contribution in [3.05, 3.63) is 54.3 Å². The summed E-state index contributed by atoms with van der Waals surface area (Å²) < 4.78 is 0. The molecule has 1 amide bonds. The second-order valence-electron chi connectivity index (χ2n) is 8.87. The second kappa shape index (κ2) is 9.53. The Labute approximate surface area is 198 Å². The van der Waals surface area contributed by atoms with Gasteiger partial charge in [0, 0.05) is 60.9 Å². The van der Waals surface area contributed by atoms with E-state index < -0.39 is 0 Å². The zero-order valence-electron chi connectivity index (χ0n) is 18.6. The first-order valence-corrected chi connectivity index (χ1v) is 12.0. The molecule has 0 spiro atoms. The molecule has 8 heteroatoms. The maximum atomic E-state index is 11.9. The van der Waals surface area contributed by atoms with Gasteiger partial charge in [-0.2, -0.15) is 0 Å². The van der Waals surface area contributed by atoms with Gasteiger partial charge < -0.3 is 15.2 Å². The number of nitrogens with one attached hydrogen (secondary N) is 2. The second-order valence-corrected chi connectivity index (χ2v) is 9.27. The minimum absolute atomic E-state index is 0.0312. The van der Waals surface area contributed by atoms with Crippen LogP contribution in [0.15, 0.2) is 49.3 Å². The fourth-order valence-electron chi connectivity index (χ4n) is 5.14. The maximum absolute atomic E-state index is 11.9. The number of aromatic amines is 1. The molecule has 7 nitrogen and oxygen atoms in total. The van der Waals surface area contributed by atoms with E-state index in [1.165, 1.54) is 12.5 Å². The lowest BCUT2D eigenvalue weighted by molar-refractivity contribution is -0.128. The van der Waals surface area contributed by atoms with Crippen LogP contribution in [0.25, 0.3) is 22.2 Å². The Morgan fingerprint density at radius 3 is 2.85 bits per heavy atom. The number of aromatic nitrogens is 3. The highest BCUT2D eigenvalue weighted by atomic mass is 35.5. The molecule has 0 bridgehead atoms. The van der Waals surface area contributed by atoms with E-state index in [0.717, 1.165) is 67.6 Å². The fourth-order valence-corrected chi connectivity index (χ4v) is 5.33. The van der Waals surface area contributed by atoms with E-state index in [-0.39, 0.29) is 5.91 Å². The van der Waals surface area contributed by atoms with Gasteiger partial charge in [0.15, 0.2) is 0 Å². The van der Waals surface area contributed by atoms with Crippen LogP contribution in [0.1, 0.15) is 25.7 Å². The van der Waals surface area contributed by atoms with Crippen molar-refractivity contribution in [3.8, 4) is 11.3 Å².